The predicted octanol–water partition coefficient (Wildman–Crippen LogP) is 5.41. The molecular weight excluding hydrogens is 342 g/mol. The summed E-state index contributed by atoms with van der Waals surface area (Å²) in [4.78, 5) is 17.5. The van der Waals surface area contributed by atoms with E-state index in [4.69, 9.17) is 11.6 Å². The zero-order valence-corrected chi connectivity index (χ0v) is 14.8. The van der Waals surface area contributed by atoms with Crippen LogP contribution in [0.1, 0.15) is 20.9 Å². The van der Waals surface area contributed by atoms with Crippen LogP contribution in [0.25, 0.3) is 0 Å². The van der Waals surface area contributed by atoms with E-state index in [0.717, 1.165) is 11.3 Å². The van der Waals surface area contributed by atoms with Crippen LogP contribution in [0.4, 0.5) is 16.5 Å². The van der Waals surface area contributed by atoms with Crippen LogP contribution in [0.15, 0.2) is 48.5 Å². The average Bonchev–Trinajstić information content (AvgIpc) is 2.92. The molecule has 0 bridgehead atoms. The van der Waals surface area contributed by atoms with Crippen molar-refractivity contribution in [1.82, 2.24) is 4.98 Å². The van der Waals surface area contributed by atoms with Crippen LogP contribution in [0.3, 0.4) is 0 Å². The lowest BCUT2D eigenvalue weighted by atomic mass is 10.2. The summed E-state index contributed by atoms with van der Waals surface area (Å²) in [6, 6.07) is 15.2. The van der Waals surface area contributed by atoms with Crippen LogP contribution in [0, 0.1) is 13.8 Å². The van der Waals surface area contributed by atoms with Gasteiger partial charge < -0.3 is 10.6 Å². The Morgan fingerprint density at radius 3 is 2.54 bits per heavy atom. The van der Waals surface area contributed by atoms with Gasteiger partial charge in [0, 0.05) is 16.4 Å². The molecule has 122 valence electrons. The Labute approximate surface area is 149 Å². The van der Waals surface area contributed by atoms with Crippen molar-refractivity contribution < 1.29 is 4.79 Å². The molecule has 2 aromatic carbocycles. The summed E-state index contributed by atoms with van der Waals surface area (Å²) in [5.41, 5.74) is 3.26. The molecule has 0 saturated carbocycles. The van der Waals surface area contributed by atoms with Crippen molar-refractivity contribution in [3.8, 4) is 0 Å². The highest BCUT2D eigenvalue weighted by Gasteiger charge is 2.16. The van der Waals surface area contributed by atoms with Crippen molar-refractivity contribution in [2.75, 3.05) is 10.6 Å². The Hall–Kier alpha value is -2.37. The molecule has 1 aromatic heterocycles. The lowest BCUT2D eigenvalue weighted by Crippen LogP contribution is -2.11. The van der Waals surface area contributed by atoms with Crippen molar-refractivity contribution >= 4 is 45.4 Å². The van der Waals surface area contributed by atoms with Gasteiger partial charge in [0.05, 0.1) is 5.69 Å². The fourth-order valence-corrected chi connectivity index (χ4v) is 3.23. The van der Waals surface area contributed by atoms with Crippen molar-refractivity contribution in [2.45, 2.75) is 13.8 Å². The van der Waals surface area contributed by atoms with Gasteiger partial charge in [-0.2, -0.15) is 0 Å². The van der Waals surface area contributed by atoms with Crippen LogP contribution >= 0.6 is 22.9 Å². The molecule has 2 N–H and O–H groups in total. The molecule has 0 aliphatic carbocycles. The molecule has 0 radical (unpaired) electrons. The molecule has 1 amide bonds. The fraction of sp³-hybridized carbons (Fsp3) is 0.111. The first-order valence-corrected chi connectivity index (χ1v) is 8.59. The minimum Gasteiger partial charge on any atom is -0.332 e. The van der Waals surface area contributed by atoms with Crippen molar-refractivity contribution in [1.29, 1.82) is 0 Å². The number of nitrogens with zero attached hydrogens (tertiary/aromatic N) is 1. The van der Waals surface area contributed by atoms with Gasteiger partial charge in [-0.3, -0.25) is 4.79 Å². The average molecular weight is 358 g/mol. The monoisotopic (exact) mass is 357 g/mol. The fourth-order valence-electron chi connectivity index (χ4n) is 2.16. The lowest BCUT2D eigenvalue weighted by molar-refractivity contribution is 0.103. The van der Waals surface area contributed by atoms with Crippen molar-refractivity contribution in [3.63, 3.8) is 0 Å². The van der Waals surface area contributed by atoms with Gasteiger partial charge in [0.2, 0.25) is 0 Å². The van der Waals surface area contributed by atoms with Crippen molar-refractivity contribution in [3.05, 3.63) is 69.7 Å². The third-order valence-electron chi connectivity index (χ3n) is 3.46. The summed E-state index contributed by atoms with van der Waals surface area (Å²) in [6.07, 6.45) is 0. The topological polar surface area (TPSA) is 54.0 Å². The Kier molecular flexibility index (Phi) is 4.83. The summed E-state index contributed by atoms with van der Waals surface area (Å²) < 4.78 is 0. The maximum absolute atomic E-state index is 12.5. The number of halogens is 1. The van der Waals surface area contributed by atoms with E-state index in [0.29, 0.717) is 26.4 Å². The second-order valence-corrected chi connectivity index (χ2v) is 6.75. The van der Waals surface area contributed by atoms with E-state index >= 15 is 0 Å². The van der Waals surface area contributed by atoms with Gasteiger partial charge in [-0.1, -0.05) is 47.2 Å². The second kappa shape index (κ2) is 7.03. The normalized spacial score (nSPS) is 10.5. The number of rotatable bonds is 4. The van der Waals surface area contributed by atoms with E-state index in [-0.39, 0.29) is 5.91 Å². The summed E-state index contributed by atoms with van der Waals surface area (Å²) in [5, 5.41) is 7.38. The quantitative estimate of drug-likeness (QED) is 0.656. The number of nitrogens with one attached hydrogen (secondary N) is 2. The molecule has 24 heavy (non-hydrogen) atoms. The minimum atomic E-state index is -0.189. The number of carbonyl (C=O) groups is 1. The Morgan fingerprint density at radius 2 is 1.83 bits per heavy atom. The highest BCUT2D eigenvalue weighted by molar-refractivity contribution is 7.17. The molecule has 3 aromatic rings. The van der Waals surface area contributed by atoms with Crippen LogP contribution in [-0.4, -0.2) is 10.9 Å². The van der Waals surface area contributed by atoms with Gasteiger partial charge in [0.15, 0.2) is 5.13 Å². The van der Waals surface area contributed by atoms with E-state index in [1.165, 1.54) is 11.3 Å². The number of para-hydroxylation sites is 1. The zero-order valence-electron chi connectivity index (χ0n) is 13.3. The summed E-state index contributed by atoms with van der Waals surface area (Å²) in [7, 11) is 0. The lowest BCUT2D eigenvalue weighted by Gasteiger charge is -2.06. The number of thiazole rings is 1. The van der Waals surface area contributed by atoms with E-state index < -0.39 is 0 Å². The number of hydrogen-bond acceptors (Lipinski definition) is 4. The molecule has 4 nitrogen and oxygen atoms in total. The second-order valence-electron chi connectivity index (χ2n) is 5.34. The zero-order chi connectivity index (χ0) is 17.1. The van der Waals surface area contributed by atoms with Crippen LogP contribution in [0.2, 0.25) is 5.02 Å². The molecule has 0 saturated heterocycles. The Bertz CT molecular complexity index is 877. The van der Waals surface area contributed by atoms with E-state index in [9.17, 15) is 4.79 Å². The number of amides is 1. The van der Waals surface area contributed by atoms with Gasteiger partial charge in [-0.05, 0) is 43.7 Å². The number of aryl methyl sites for hydroxylation is 2. The van der Waals surface area contributed by atoms with Gasteiger partial charge in [-0.25, -0.2) is 4.98 Å². The SMILES string of the molecule is Cc1ccc(NC(=O)c2sc(Nc3ccccc3)nc2C)cc1Cl. The molecule has 0 aliphatic heterocycles. The molecule has 0 atom stereocenters. The smallest absolute Gasteiger partial charge is 0.267 e. The van der Waals surface area contributed by atoms with Crippen LogP contribution in [0.5, 0.6) is 0 Å². The maximum atomic E-state index is 12.5. The number of aromatic nitrogens is 1. The maximum Gasteiger partial charge on any atom is 0.267 e. The van der Waals surface area contributed by atoms with Gasteiger partial charge in [0.25, 0.3) is 5.91 Å². The molecule has 1 heterocycles. The molecule has 0 unspecified atom stereocenters. The third-order valence-corrected chi connectivity index (χ3v) is 4.94. The molecule has 0 fully saturated rings. The first-order chi connectivity index (χ1) is 11.5. The minimum absolute atomic E-state index is 0.189. The highest BCUT2D eigenvalue weighted by atomic mass is 35.5. The highest BCUT2D eigenvalue weighted by Crippen LogP contribution is 2.27. The first kappa shape index (κ1) is 16.5. The number of hydrogen-bond donors (Lipinski definition) is 2. The van der Waals surface area contributed by atoms with Crippen LogP contribution < -0.4 is 10.6 Å². The van der Waals surface area contributed by atoms with Crippen molar-refractivity contribution in [2.24, 2.45) is 0 Å². The molecule has 0 aliphatic rings. The molecule has 3 rings (SSSR count). The summed E-state index contributed by atoms with van der Waals surface area (Å²) in [6.45, 7) is 3.74. The van der Waals surface area contributed by atoms with E-state index in [1.807, 2.05) is 56.3 Å². The predicted molar refractivity (Wildman–Crippen MR) is 101 cm³/mol. The summed E-state index contributed by atoms with van der Waals surface area (Å²) in [5.74, 6) is -0.189. The molecular formula is C18H16ClN3OS. The molecule has 6 heteroatoms. The van der Waals surface area contributed by atoms with Gasteiger partial charge >= 0.3 is 0 Å². The third kappa shape index (κ3) is 3.75. The molecule has 0 spiro atoms. The first-order valence-electron chi connectivity index (χ1n) is 7.40. The standard InChI is InChI=1S/C18H16ClN3OS/c1-11-8-9-14(10-15(11)19)21-17(23)16-12(2)20-18(24-16)22-13-6-4-3-5-7-13/h3-10H,1-2H3,(H,20,22)(H,21,23). The van der Waals surface area contributed by atoms with E-state index in [2.05, 4.69) is 15.6 Å². The van der Waals surface area contributed by atoms with Crippen LogP contribution in [-0.2, 0) is 0 Å². The number of anilines is 3. The van der Waals surface area contributed by atoms with E-state index in [1.54, 1.807) is 6.07 Å². The number of carbonyl (C=O) groups excluding carboxylic acids is 1. The number of benzene rings is 2. The Balaban J connectivity index is 1.76. The van der Waals surface area contributed by atoms with Gasteiger partial charge in [0.1, 0.15) is 4.88 Å². The largest absolute Gasteiger partial charge is 0.332 e. The summed E-state index contributed by atoms with van der Waals surface area (Å²) >= 11 is 7.42. The Morgan fingerprint density at radius 1 is 1.08 bits per heavy atom. The van der Waals surface area contributed by atoms with Gasteiger partial charge in [-0.15, -0.1) is 0 Å².